The third-order valence-electron chi connectivity index (χ3n) is 3.26. The highest BCUT2D eigenvalue weighted by atomic mass is 19.4. The fourth-order valence-electron chi connectivity index (χ4n) is 2.26. The van der Waals surface area contributed by atoms with Crippen molar-refractivity contribution in [1.29, 1.82) is 0 Å². The number of rotatable bonds is 5. The number of carbonyl (C=O) groups excluding carboxylic acids is 2. The van der Waals surface area contributed by atoms with E-state index in [2.05, 4.69) is 10.3 Å². The highest BCUT2D eigenvalue weighted by Crippen LogP contribution is 2.30. The van der Waals surface area contributed by atoms with Crippen molar-refractivity contribution in [1.82, 2.24) is 15.2 Å². The summed E-state index contributed by atoms with van der Waals surface area (Å²) in [5, 5.41) is 2.58. The van der Waals surface area contributed by atoms with Crippen molar-refractivity contribution in [2.24, 2.45) is 0 Å². The molecular weight excluding hydrogens is 287 g/mol. The average Bonchev–Trinajstić information content (AvgIpc) is 2.40. The smallest absolute Gasteiger partial charge is 0.342 e. The summed E-state index contributed by atoms with van der Waals surface area (Å²) in [5.41, 5.74) is -0.367. The first-order chi connectivity index (χ1) is 9.85. The standard InChI is InChI=1S/C13H14F3N3O2/c14-13(15,16)5-4-11(21)18-12(7-19(8-12)9-20)10-3-1-2-6-17-10/h1-3,6,9H,4-5,7-8H2,(H,18,21). The summed E-state index contributed by atoms with van der Waals surface area (Å²) in [6.45, 7) is 0.399. The van der Waals surface area contributed by atoms with Gasteiger partial charge in [-0.2, -0.15) is 13.2 Å². The van der Waals surface area contributed by atoms with Gasteiger partial charge in [0.15, 0.2) is 0 Å². The number of likely N-dealkylation sites (tertiary alicyclic amines) is 1. The third-order valence-corrected chi connectivity index (χ3v) is 3.26. The van der Waals surface area contributed by atoms with E-state index in [-0.39, 0.29) is 13.1 Å². The number of carbonyl (C=O) groups is 2. The van der Waals surface area contributed by atoms with Gasteiger partial charge in [-0.25, -0.2) is 0 Å². The van der Waals surface area contributed by atoms with Crippen LogP contribution in [0.2, 0.25) is 0 Å². The number of pyridine rings is 1. The van der Waals surface area contributed by atoms with Gasteiger partial charge in [0.2, 0.25) is 12.3 Å². The largest absolute Gasteiger partial charge is 0.389 e. The molecule has 1 aromatic heterocycles. The summed E-state index contributed by atoms with van der Waals surface area (Å²) in [6.07, 6.45) is -4.02. The highest BCUT2D eigenvalue weighted by molar-refractivity contribution is 5.77. The molecule has 2 rings (SSSR count). The Morgan fingerprint density at radius 3 is 2.67 bits per heavy atom. The summed E-state index contributed by atoms with van der Waals surface area (Å²) >= 11 is 0. The molecule has 1 saturated heterocycles. The second-order valence-corrected chi connectivity index (χ2v) is 4.97. The Bertz CT molecular complexity index is 513. The SMILES string of the molecule is O=CN1CC(NC(=O)CCC(F)(F)F)(c2ccccn2)C1. The number of nitrogens with zero attached hydrogens (tertiary/aromatic N) is 2. The minimum Gasteiger partial charge on any atom is -0.342 e. The highest BCUT2D eigenvalue weighted by Gasteiger charge is 2.46. The third kappa shape index (κ3) is 3.71. The van der Waals surface area contributed by atoms with Crippen LogP contribution in [0.1, 0.15) is 18.5 Å². The van der Waals surface area contributed by atoms with Gasteiger partial charge in [-0.05, 0) is 12.1 Å². The average molecular weight is 301 g/mol. The summed E-state index contributed by atoms with van der Waals surface area (Å²) in [7, 11) is 0. The monoisotopic (exact) mass is 301 g/mol. The molecule has 1 fully saturated rings. The molecule has 0 bridgehead atoms. The Morgan fingerprint density at radius 2 is 2.14 bits per heavy atom. The maximum Gasteiger partial charge on any atom is 0.389 e. The van der Waals surface area contributed by atoms with E-state index in [9.17, 15) is 22.8 Å². The Hall–Kier alpha value is -2.12. The van der Waals surface area contributed by atoms with Crippen LogP contribution in [0.15, 0.2) is 24.4 Å². The van der Waals surface area contributed by atoms with Crippen LogP contribution in [-0.2, 0) is 15.1 Å². The van der Waals surface area contributed by atoms with Crippen LogP contribution in [0, 0.1) is 0 Å². The van der Waals surface area contributed by atoms with E-state index in [0.29, 0.717) is 12.1 Å². The van der Waals surface area contributed by atoms with Crippen molar-refractivity contribution < 1.29 is 22.8 Å². The van der Waals surface area contributed by atoms with Gasteiger partial charge in [-0.15, -0.1) is 0 Å². The lowest BCUT2D eigenvalue weighted by Crippen LogP contribution is -2.67. The van der Waals surface area contributed by atoms with E-state index in [1.54, 1.807) is 18.2 Å². The summed E-state index contributed by atoms with van der Waals surface area (Å²) in [4.78, 5) is 28.0. The molecule has 2 heterocycles. The molecule has 2 amide bonds. The summed E-state index contributed by atoms with van der Waals surface area (Å²) in [6, 6.07) is 5.08. The van der Waals surface area contributed by atoms with Crippen LogP contribution in [0.3, 0.4) is 0 Å². The van der Waals surface area contributed by atoms with E-state index in [1.165, 1.54) is 11.1 Å². The van der Waals surface area contributed by atoms with Gasteiger partial charge >= 0.3 is 6.18 Å². The Kier molecular flexibility index (Phi) is 4.15. The molecule has 1 aromatic rings. The number of aromatic nitrogens is 1. The molecule has 114 valence electrons. The fourth-order valence-corrected chi connectivity index (χ4v) is 2.26. The van der Waals surface area contributed by atoms with Crippen LogP contribution in [0.4, 0.5) is 13.2 Å². The van der Waals surface area contributed by atoms with E-state index < -0.39 is 30.5 Å². The Morgan fingerprint density at radius 1 is 1.43 bits per heavy atom. The molecule has 8 heteroatoms. The fraction of sp³-hybridized carbons (Fsp3) is 0.462. The topological polar surface area (TPSA) is 62.3 Å². The van der Waals surface area contributed by atoms with Crippen molar-refractivity contribution in [3.8, 4) is 0 Å². The van der Waals surface area contributed by atoms with Crippen LogP contribution >= 0.6 is 0 Å². The Labute approximate surface area is 119 Å². The van der Waals surface area contributed by atoms with Crippen molar-refractivity contribution >= 4 is 12.3 Å². The van der Waals surface area contributed by atoms with Crippen LogP contribution in [0.5, 0.6) is 0 Å². The van der Waals surface area contributed by atoms with Gasteiger partial charge in [-0.1, -0.05) is 6.07 Å². The molecule has 21 heavy (non-hydrogen) atoms. The van der Waals surface area contributed by atoms with Gasteiger partial charge in [-0.3, -0.25) is 14.6 Å². The molecular formula is C13H14F3N3O2. The van der Waals surface area contributed by atoms with Crippen LogP contribution in [-0.4, -0.2) is 41.5 Å². The predicted molar refractivity (Wildman–Crippen MR) is 67.0 cm³/mol. The minimum absolute atomic E-state index is 0.200. The first-order valence-electron chi connectivity index (χ1n) is 6.33. The normalized spacial score (nSPS) is 17.0. The zero-order valence-corrected chi connectivity index (χ0v) is 11.1. The molecule has 1 N–H and O–H groups in total. The maximum absolute atomic E-state index is 12.1. The van der Waals surface area contributed by atoms with E-state index >= 15 is 0 Å². The lowest BCUT2D eigenvalue weighted by atomic mass is 9.86. The zero-order valence-electron chi connectivity index (χ0n) is 11.1. The number of nitrogens with one attached hydrogen (secondary N) is 1. The van der Waals surface area contributed by atoms with Gasteiger partial charge in [0, 0.05) is 12.6 Å². The molecule has 1 aliphatic rings. The van der Waals surface area contributed by atoms with E-state index in [0.717, 1.165) is 0 Å². The number of amides is 2. The molecule has 5 nitrogen and oxygen atoms in total. The van der Waals surface area contributed by atoms with E-state index in [4.69, 9.17) is 0 Å². The molecule has 0 saturated carbocycles. The lowest BCUT2D eigenvalue weighted by Gasteiger charge is -2.48. The molecule has 0 radical (unpaired) electrons. The van der Waals surface area contributed by atoms with Crippen molar-refractivity contribution in [2.75, 3.05) is 13.1 Å². The molecule has 0 unspecified atom stereocenters. The van der Waals surface area contributed by atoms with Gasteiger partial charge < -0.3 is 10.2 Å². The van der Waals surface area contributed by atoms with E-state index in [1.807, 2.05) is 0 Å². The number of halogens is 3. The second-order valence-electron chi connectivity index (χ2n) is 4.97. The van der Waals surface area contributed by atoms with Crippen LogP contribution < -0.4 is 5.32 Å². The van der Waals surface area contributed by atoms with Crippen molar-refractivity contribution in [3.63, 3.8) is 0 Å². The number of hydrogen-bond acceptors (Lipinski definition) is 3. The second kappa shape index (κ2) is 5.71. The molecule has 1 aliphatic heterocycles. The number of alkyl halides is 3. The molecule has 0 aromatic carbocycles. The molecule has 0 atom stereocenters. The predicted octanol–water partition coefficient (Wildman–Crippen LogP) is 1.21. The lowest BCUT2D eigenvalue weighted by molar-refractivity contribution is -0.146. The summed E-state index contributed by atoms with van der Waals surface area (Å²) < 4.78 is 36.4. The maximum atomic E-state index is 12.1. The van der Waals surface area contributed by atoms with Crippen LogP contribution in [0.25, 0.3) is 0 Å². The zero-order chi connectivity index (χ0) is 15.5. The molecule has 0 aliphatic carbocycles. The Balaban J connectivity index is 2.05. The first-order valence-corrected chi connectivity index (χ1v) is 6.33. The van der Waals surface area contributed by atoms with Crippen molar-refractivity contribution in [3.05, 3.63) is 30.1 Å². The molecule has 0 spiro atoms. The van der Waals surface area contributed by atoms with Gasteiger partial charge in [0.1, 0.15) is 5.54 Å². The van der Waals surface area contributed by atoms with Crippen molar-refractivity contribution in [2.45, 2.75) is 24.6 Å². The minimum atomic E-state index is -4.37. The summed E-state index contributed by atoms with van der Waals surface area (Å²) in [5.74, 6) is -0.705. The quantitative estimate of drug-likeness (QED) is 0.832. The van der Waals surface area contributed by atoms with Gasteiger partial charge in [0.05, 0.1) is 25.2 Å². The number of hydrogen-bond donors (Lipinski definition) is 1. The van der Waals surface area contributed by atoms with Gasteiger partial charge in [0.25, 0.3) is 0 Å². The first kappa shape index (κ1) is 15.3.